The van der Waals surface area contributed by atoms with Crippen LogP contribution in [0.4, 0.5) is 11.5 Å². The number of aromatic nitrogens is 3. The van der Waals surface area contributed by atoms with Crippen LogP contribution in [0.1, 0.15) is 16.2 Å². The van der Waals surface area contributed by atoms with Crippen molar-refractivity contribution < 1.29 is 4.79 Å². The molecule has 0 atom stereocenters. The quantitative estimate of drug-likeness (QED) is 0.902. The van der Waals surface area contributed by atoms with E-state index in [-0.39, 0.29) is 11.6 Å². The number of nitrogens with one attached hydrogen (secondary N) is 2. The van der Waals surface area contributed by atoms with Gasteiger partial charge in [0.15, 0.2) is 0 Å². The van der Waals surface area contributed by atoms with Gasteiger partial charge in [-0.2, -0.15) is 5.10 Å². The summed E-state index contributed by atoms with van der Waals surface area (Å²) in [6, 6.07) is 3.33. The molecule has 7 heteroatoms. The van der Waals surface area contributed by atoms with Crippen molar-refractivity contribution in [3.8, 4) is 0 Å². The normalized spacial score (nSPS) is 10.3. The zero-order valence-corrected chi connectivity index (χ0v) is 11.6. The molecule has 19 heavy (non-hydrogen) atoms. The van der Waals surface area contributed by atoms with Gasteiger partial charge in [-0.3, -0.25) is 9.48 Å². The summed E-state index contributed by atoms with van der Waals surface area (Å²) < 4.78 is 1.63. The molecule has 0 saturated carbocycles. The zero-order valence-electron chi connectivity index (χ0n) is 10.9. The lowest BCUT2D eigenvalue weighted by atomic mass is 10.3. The van der Waals surface area contributed by atoms with Crippen LogP contribution in [0, 0.1) is 6.92 Å². The van der Waals surface area contributed by atoms with Crippen molar-refractivity contribution in [3.63, 3.8) is 0 Å². The third-order valence-electron chi connectivity index (χ3n) is 2.58. The van der Waals surface area contributed by atoms with Crippen LogP contribution >= 0.6 is 11.6 Å². The summed E-state index contributed by atoms with van der Waals surface area (Å²) in [5, 5.41) is 10.1. The number of halogens is 1. The number of rotatable bonds is 3. The largest absolute Gasteiger partial charge is 0.373 e. The van der Waals surface area contributed by atoms with Gasteiger partial charge >= 0.3 is 0 Å². The van der Waals surface area contributed by atoms with E-state index < -0.39 is 0 Å². The van der Waals surface area contributed by atoms with Gasteiger partial charge in [0.1, 0.15) is 11.5 Å². The molecule has 2 rings (SSSR count). The molecule has 0 fully saturated rings. The van der Waals surface area contributed by atoms with Gasteiger partial charge in [0.05, 0.1) is 16.4 Å². The second-order valence-corrected chi connectivity index (χ2v) is 4.44. The van der Waals surface area contributed by atoms with Crippen molar-refractivity contribution in [1.29, 1.82) is 0 Å². The molecule has 0 aliphatic heterocycles. The van der Waals surface area contributed by atoms with Gasteiger partial charge in [-0.05, 0) is 19.1 Å². The van der Waals surface area contributed by atoms with Crippen molar-refractivity contribution >= 4 is 29.0 Å². The Balaban J connectivity index is 2.27. The zero-order chi connectivity index (χ0) is 14.0. The van der Waals surface area contributed by atoms with Gasteiger partial charge in [-0.25, -0.2) is 4.98 Å². The monoisotopic (exact) mass is 279 g/mol. The molecule has 0 radical (unpaired) electrons. The second-order valence-electron chi connectivity index (χ2n) is 4.03. The van der Waals surface area contributed by atoms with E-state index in [2.05, 4.69) is 20.7 Å². The standard InChI is InChI=1S/C12H14ClN5O/c1-7-9(6-18(3)17-7)15-12(19)11-8(13)4-5-10(14-2)16-11/h4-6H,1-3H3,(H,14,16)(H,15,19). The van der Waals surface area contributed by atoms with E-state index in [1.807, 2.05) is 6.92 Å². The molecule has 2 N–H and O–H groups in total. The number of anilines is 2. The number of amides is 1. The van der Waals surface area contributed by atoms with E-state index in [0.717, 1.165) is 5.69 Å². The number of nitrogens with zero attached hydrogens (tertiary/aromatic N) is 3. The molecule has 0 aliphatic carbocycles. The van der Waals surface area contributed by atoms with Crippen LogP contribution in [0.2, 0.25) is 5.02 Å². The summed E-state index contributed by atoms with van der Waals surface area (Å²) in [6.07, 6.45) is 1.73. The lowest BCUT2D eigenvalue weighted by Gasteiger charge is -2.06. The number of carbonyl (C=O) groups is 1. The first kappa shape index (κ1) is 13.4. The highest BCUT2D eigenvalue weighted by atomic mass is 35.5. The fourth-order valence-corrected chi connectivity index (χ4v) is 1.84. The van der Waals surface area contributed by atoms with Gasteiger partial charge in [0.25, 0.3) is 5.91 Å². The topological polar surface area (TPSA) is 71.8 Å². The van der Waals surface area contributed by atoms with E-state index in [9.17, 15) is 4.79 Å². The number of aryl methyl sites for hydroxylation is 2. The fourth-order valence-electron chi connectivity index (χ4n) is 1.64. The van der Waals surface area contributed by atoms with Gasteiger partial charge in [0, 0.05) is 20.3 Å². The first-order chi connectivity index (χ1) is 9.01. The average Bonchev–Trinajstić information content (AvgIpc) is 2.68. The van der Waals surface area contributed by atoms with Crippen LogP contribution < -0.4 is 10.6 Å². The number of pyridine rings is 1. The van der Waals surface area contributed by atoms with Crippen LogP contribution in [0.3, 0.4) is 0 Å². The molecule has 2 aromatic heterocycles. The van der Waals surface area contributed by atoms with Gasteiger partial charge in [-0.15, -0.1) is 0 Å². The first-order valence-electron chi connectivity index (χ1n) is 5.67. The number of carbonyl (C=O) groups excluding carboxylic acids is 1. The number of hydrogen-bond acceptors (Lipinski definition) is 4. The molecular formula is C12H14ClN5O. The molecular weight excluding hydrogens is 266 g/mol. The molecule has 100 valence electrons. The Hall–Kier alpha value is -2.08. The molecule has 0 spiro atoms. The van der Waals surface area contributed by atoms with E-state index in [4.69, 9.17) is 11.6 Å². The molecule has 1 amide bonds. The van der Waals surface area contributed by atoms with E-state index in [1.165, 1.54) is 0 Å². The summed E-state index contributed by atoms with van der Waals surface area (Å²) in [4.78, 5) is 16.3. The third kappa shape index (κ3) is 2.85. The van der Waals surface area contributed by atoms with Gasteiger partial charge in [-0.1, -0.05) is 11.6 Å². The third-order valence-corrected chi connectivity index (χ3v) is 2.88. The second kappa shape index (κ2) is 5.27. The highest BCUT2D eigenvalue weighted by molar-refractivity contribution is 6.34. The maximum absolute atomic E-state index is 12.1. The van der Waals surface area contributed by atoms with E-state index in [1.54, 1.807) is 37.1 Å². The minimum atomic E-state index is -0.363. The smallest absolute Gasteiger partial charge is 0.275 e. The van der Waals surface area contributed by atoms with E-state index in [0.29, 0.717) is 16.5 Å². The Kier molecular flexibility index (Phi) is 3.71. The van der Waals surface area contributed by atoms with Crippen molar-refractivity contribution in [2.45, 2.75) is 6.92 Å². The van der Waals surface area contributed by atoms with Gasteiger partial charge in [0.2, 0.25) is 0 Å². The molecule has 0 saturated heterocycles. The summed E-state index contributed by atoms with van der Waals surface area (Å²) >= 11 is 5.99. The lowest BCUT2D eigenvalue weighted by Crippen LogP contribution is -2.15. The Labute approximate surface area is 115 Å². The predicted molar refractivity (Wildman–Crippen MR) is 74.7 cm³/mol. The summed E-state index contributed by atoms with van der Waals surface area (Å²) in [5.41, 5.74) is 1.55. The van der Waals surface area contributed by atoms with Crippen LogP contribution in [0.15, 0.2) is 18.3 Å². The average molecular weight is 280 g/mol. The minimum absolute atomic E-state index is 0.178. The Morgan fingerprint density at radius 1 is 1.42 bits per heavy atom. The maximum atomic E-state index is 12.1. The molecule has 0 unspecified atom stereocenters. The van der Waals surface area contributed by atoms with Crippen LogP contribution in [-0.2, 0) is 7.05 Å². The van der Waals surface area contributed by atoms with Crippen LogP contribution in [0.5, 0.6) is 0 Å². The van der Waals surface area contributed by atoms with Gasteiger partial charge < -0.3 is 10.6 Å². The molecule has 0 aromatic carbocycles. The highest BCUT2D eigenvalue weighted by Crippen LogP contribution is 2.19. The summed E-state index contributed by atoms with van der Waals surface area (Å²) in [7, 11) is 3.51. The van der Waals surface area contributed by atoms with E-state index >= 15 is 0 Å². The number of hydrogen-bond donors (Lipinski definition) is 2. The predicted octanol–water partition coefficient (Wildman–Crippen LogP) is 2.07. The Morgan fingerprint density at radius 2 is 2.16 bits per heavy atom. The van der Waals surface area contributed by atoms with Crippen molar-refractivity contribution in [2.75, 3.05) is 17.7 Å². The Bertz CT molecular complexity index is 623. The maximum Gasteiger partial charge on any atom is 0.275 e. The molecule has 6 nitrogen and oxygen atoms in total. The molecule has 2 heterocycles. The van der Waals surface area contributed by atoms with Crippen LogP contribution in [-0.4, -0.2) is 27.7 Å². The molecule has 2 aromatic rings. The molecule has 0 bridgehead atoms. The van der Waals surface area contributed by atoms with Crippen molar-refractivity contribution in [2.24, 2.45) is 7.05 Å². The first-order valence-corrected chi connectivity index (χ1v) is 6.05. The van der Waals surface area contributed by atoms with Crippen molar-refractivity contribution in [3.05, 3.63) is 34.7 Å². The highest BCUT2D eigenvalue weighted by Gasteiger charge is 2.15. The summed E-state index contributed by atoms with van der Waals surface area (Å²) in [6.45, 7) is 1.81. The van der Waals surface area contributed by atoms with Crippen LogP contribution in [0.25, 0.3) is 0 Å². The van der Waals surface area contributed by atoms with Crippen molar-refractivity contribution in [1.82, 2.24) is 14.8 Å². The Morgan fingerprint density at radius 3 is 2.74 bits per heavy atom. The molecule has 0 aliphatic rings. The SMILES string of the molecule is CNc1ccc(Cl)c(C(=O)Nc2cn(C)nc2C)n1. The minimum Gasteiger partial charge on any atom is -0.373 e. The lowest BCUT2D eigenvalue weighted by molar-refractivity contribution is 0.102. The fraction of sp³-hybridized carbons (Fsp3) is 0.250. The summed E-state index contributed by atoms with van der Waals surface area (Å²) in [5.74, 6) is 0.218.